The van der Waals surface area contributed by atoms with Crippen LogP contribution in [0, 0.1) is 0 Å². The Morgan fingerprint density at radius 1 is 1.38 bits per heavy atom. The van der Waals surface area contributed by atoms with Crippen molar-refractivity contribution in [2.24, 2.45) is 0 Å². The number of benzene rings is 1. The number of hydrogen-bond acceptors (Lipinski definition) is 3. The Morgan fingerprint density at radius 3 is 2.90 bits per heavy atom. The molecule has 21 heavy (non-hydrogen) atoms. The molecule has 1 heterocycles. The molecular formula is C16H23Cl2NO2. The van der Waals surface area contributed by atoms with Crippen molar-refractivity contribution in [2.75, 3.05) is 19.7 Å². The molecule has 0 spiro atoms. The standard InChI is InChI=1S/C16H23Cl2NO2/c1-2-13-5-3-4-8-19(13)10-14(20)11-21-16-7-6-12(17)9-15(16)18/h6-7,9,13-14,20H,2-5,8,10-11H2,1H3/t13-,14+/m0/s1. The van der Waals surface area contributed by atoms with E-state index in [-0.39, 0.29) is 6.61 Å². The maximum absolute atomic E-state index is 10.2. The summed E-state index contributed by atoms with van der Waals surface area (Å²) < 4.78 is 5.60. The number of aliphatic hydroxyl groups is 1. The third kappa shape index (κ3) is 5.03. The predicted octanol–water partition coefficient (Wildman–Crippen LogP) is 4.00. The van der Waals surface area contributed by atoms with Gasteiger partial charge in [0.1, 0.15) is 18.5 Å². The van der Waals surface area contributed by atoms with Crippen molar-refractivity contribution in [1.29, 1.82) is 0 Å². The van der Waals surface area contributed by atoms with Crippen LogP contribution in [0.1, 0.15) is 32.6 Å². The highest BCUT2D eigenvalue weighted by molar-refractivity contribution is 6.35. The van der Waals surface area contributed by atoms with Gasteiger partial charge in [-0.15, -0.1) is 0 Å². The number of piperidine rings is 1. The number of halogens is 2. The molecule has 0 saturated carbocycles. The maximum Gasteiger partial charge on any atom is 0.138 e. The van der Waals surface area contributed by atoms with Crippen LogP contribution in [0.15, 0.2) is 18.2 Å². The fourth-order valence-corrected chi connectivity index (χ4v) is 3.33. The zero-order chi connectivity index (χ0) is 15.2. The fraction of sp³-hybridized carbons (Fsp3) is 0.625. The van der Waals surface area contributed by atoms with E-state index in [4.69, 9.17) is 27.9 Å². The SMILES string of the molecule is CC[C@H]1CCCCN1C[C@@H](O)COc1ccc(Cl)cc1Cl. The lowest BCUT2D eigenvalue weighted by Gasteiger charge is -2.36. The topological polar surface area (TPSA) is 32.7 Å². The number of β-amino-alcohol motifs (C(OH)–C–C–N with tert-alkyl or cyclic N) is 1. The highest BCUT2D eigenvalue weighted by atomic mass is 35.5. The van der Waals surface area contributed by atoms with Gasteiger partial charge in [-0.25, -0.2) is 0 Å². The van der Waals surface area contributed by atoms with E-state index in [2.05, 4.69) is 11.8 Å². The van der Waals surface area contributed by atoms with Crippen LogP contribution in [0.5, 0.6) is 5.75 Å². The van der Waals surface area contributed by atoms with Crippen molar-refractivity contribution >= 4 is 23.2 Å². The van der Waals surface area contributed by atoms with Gasteiger partial charge in [0.25, 0.3) is 0 Å². The minimum absolute atomic E-state index is 0.244. The summed E-state index contributed by atoms with van der Waals surface area (Å²) in [6.07, 6.45) is 4.36. The molecule has 1 aliphatic rings. The third-order valence-corrected chi connectivity index (χ3v) is 4.52. The molecule has 1 saturated heterocycles. The molecule has 0 unspecified atom stereocenters. The van der Waals surface area contributed by atoms with E-state index in [0.717, 1.165) is 13.0 Å². The molecule has 1 aromatic carbocycles. The van der Waals surface area contributed by atoms with Crippen LogP contribution >= 0.6 is 23.2 Å². The van der Waals surface area contributed by atoms with Crippen LogP contribution in [-0.2, 0) is 0 Å². The molecule has 1 aromatic rings. The van der Waals surface area contributed by atoms with Crippen LogP contribution in [0.25, 0.3) is 0 Å². The van der Waals surface area contributed by atoms with Gasteiger partial charge in [0.2, 0.25) is 0 Å². The molecule has 0 radical (unpaired) electrons. The van der Waals surface area contributed by atoms with Gasteiger partial charge in [-0.2, -0.15) is 0 Å². The largest absolute Gasteiger partial charge is 0.489 e. The number of aliphatic hydroxyl groups excluding tert-OH is 1. The number of likely N-dealkylation sites (tertiary alicyclic amines) is 1. The Morgan fingerprint density at radius 2 is 2.19 bits per heavy atom. The summed E-state index contributed by atoms with van der Waals surface area (Å²) in [5.41, 5.74) is 0. The zero-order valence-electron chi connectivity index (χ0n) is 12.4. The van der Waals surface area contributed by atoms with Gasteiger partial charge >= 0.3 is 0 Å². The Kier molecular flexibility index (Phi) is 6.62. The summed E-state index contributed by atoms with van der Waals surface area (Å²) in [5, 5.41) is 11.2. The molecule has 1 aliphatic heterocycles. The van der Waals surface area contributed by atoms with Crippen LogP contribution in [-0.4, -0.2) is 41.8 Å². The second kappa shape index (κ2) is 8.23. The number of nitrogens with zero attached hydrogens (tertiary/aromatic N) is 1. The molecule has 0 aliphatic carbocycles. The van der Waals surface area contributed by atoms with Gasteiger partial charge in [0.05, 0.1) is 5.02 Å². The maximum atomic E-state index is 10.2. The molecular weight excluding hydrogens is 309 g/mol. The Hall–Kier alpha value is -0.480. The summed E-state index contributed by atoms with van der Waals surface area (Å²) in [6, 6.07) is 5.69. The molecule has 0 amide bonds. The van der Waals surface area contributed by atoms with E-state index < -0.39 is 6.10 Å². The van der Waals surface area contributed by atoms with Crippen LogP contribution in [0.4, 0.5) is 0 Å². The van der Waals surface area contributed by atoms with Gasteiger partial charge in [-0.05, 0) is 44.0 Å². The number of ether oxygens (including phenoxy) is 1. The van der Waals surface area contributed by atoms with Crippen molar-refractivity contribution in [2.45, 2.75) is 44.8 Å². The van der Waals surface area contributed by atoms with Gasteiger partial charge in [-0.3, -0.25) is 4.90 Å². The van der Waals surface area contributed by atoms with Crippen LogP contribution in [0.2, 0.25) is 10.0 Å². The average molecular weight is 332 g/mol. The first-order valence-electron chi connectivity index (χ1n) is 7.60. The predicted molar refractivity (Wildman–Crippen MR) is 87.5 cm³/mol. The highest BCUT2D eigenvalue weighted by Gasteiger charge is 2.23. The summed E-state index contributed by atoms with van der Waals surface area (Å²) in [7, 11) is 0. The lowest BCUT2D eigenvalue weighted by atomic mass is 10.00. The van der Waals surface area contributed by atoms with E-state index in [1.807, 2.05) is 0 Å². The first-order chi connectivity index (χ1) is 10.1. The molecule has 3 nitrogen and oxygen atoms in total. The molecule has 0 aromatic heterocycles. The fourth-order valence-electron chi connectivity index (χ4n) is 2.86. The molecule has 1 fully saturated rings. The molecule has 2 rings (SSSR count). The van der Waals surface area contributed by atoms with Crippen LogP contribution in [0.3, 0.4) is 0 Å². The van der Waals surface area contributed by atoms with Crippen molar-refractivity contribution in [3.8, 4) is 5.75 Å². The Balaban J connectivity index is 1.82. The second-order valence-corrected chi connectivity index (χ2v) is 6.44. The van der Waals surface area contributed by atoms with Gasteiger partial charge in [0.15, 0.2) is 0 Å². The average Bonchev–Trinajstić information content (AvgIpc) is 2.47. The van der Waals surface area contributed by atoms with E-state index >= 15 is 0 Å². The monoisotopic (exact) mass is 331 g/mol. The Bertz CT molecular complexity index is 456. The van der Waals surface area contributed by atoms with Crippen molar-refractivity contribution in [3.63, 3.8) is 0 Å². The minimum atomic E-state index is -0.510. The molecule has 2 atom stereocenters. The minimum Gasteiger partial charge on any atom is -0.489 e. The number of hydrogen-bond donors (Lipinski definition) is 1. The van der Waals surface area contributed by atoms with Gasteiger partial charge in [-0.1, -0.05) is 36.5 Å². The van der Waals surface area contributed by atoms with E-state index in [1.165, 1.54) is 19.3 Å². The molecule has 0 bridgehead atoms. The zero-order valence-corrected chi connectivity index (χ0v) is 13.9. The van der Waals surface area contributed by atoms with Crippen molar-refractivity contribution in [1.82, 2.24) is 4.90 Å². The number of rotatable bonds is 6. The van der Waals surface area contributed by atoms with Gasteiger partial charge in [0, 0.05) is 17.6 Å². The Labute approximate surface area is 136 Å². The third-order valence-electron chi connectivity index (χ3n) is 3.99. The first kappa shape index (κ1) is 16.9. The van der Waals surface area contributed by atoms with E-state index in [9.17, 15) is 5.11 Å². The van der Waals surface area contributed by atoms with Crippen molar-refractivity contribution in [3.05, 3.63) is 28.2 Å². The lowest BCUT2D eigenvalue weighted by Crippen LogP contribution is -2.44. The summed E-state index contributed by atoms with van der Waals surface area (Å²) >= 11 is 11.9. The lowest BCUT2D eigenvalue weighted by molar-refractivity contribution is 0.0388. The summed E-state index contributed by atoms with van der Waals surface area (Å²) in [6.45, 7) is 4.18. The van der Waals surface area contributed by atoms with E-state index in [1.54, 1.807) is 18.2 Å². The van der Waals surface area contributed by atoms with E-state index in [0.29, 0.717) is 28.4 Å². The summed E-state index contributed by atoms with van der Waals surface area (Å²) in [4.78, 5) is 2.38. The quantitative estimate of drug-likeness (QED) is 0.855. The van der Waals surface area contributed by atoms with Gasteiger partial charge < -0.3 is 9.84 Å². The van der Waals surface area contributed by atoms with Crippen molar-refractivity contribution < 1.29 is 9.84 Å². The second-order valence-electron chi connectivity index (χ2n) is 5.59. The molecule has 5 heteroatoms. The first-order valence-corrected chi connectivity index (χ1v) is 8.35. The smallest absolute Gasteiger partial charge is 0.138 e. The van der Waals surface area contributed by atoms with Crippen LogP contribution < -0.4 is 4.74 Å². The summed E-state index contributed by atoms with van der Waals surface area (Å²) in [5.74, 6) is 0.561. The highest BCUT2D eigenvalue weighted by Crippen LogP contribution is 2.27. The molecule has 1 N–H and O–H groups in total. The molecule has 118 valence electrons. The normalized spacial score (nSPS) is 21.2.